The van der Waals surface area contributed by atoms with Gasteiger partial charge in [-0.3, -0.25) is 14.4 Å². The molecule has 3 rings (SSSR count). The first-order valence-electron chi connectivity index (χ1n) is 10.2. The summed E-state index contributed by atoms with van der Waals surface area (Å²) < 4.78 is 32.4. The molecule has 0 aromatic heterocycles. The highest BCUT2D eigenvalue weighted by atomic mass is 32.2. The number of rotatable bonds is 9. The number of non-ortho nitro benzene ring substituents is 1. The van der Waals surface area contributed by atoms with Crippen LogP contribution in [0.15, 0.2) is 72.8 Å². The van der Waals surface area contributed by atoms with Crippen molar-refractivity contribution in [1.29, 1.82) is 0 Å². The van der Waals surface area contributed by atoms with Crippen LogP contribution in [0.25, 0.3) is 0 Å². The standard InChI is InChI=1S/C24H26N2O5S/c1-18(2)21-11-9-20(10-12-21)17-31-24-15-22(26(27)28)13-14-23(24)25(32(3,29)30)16-19-7-5-4-6-8-19/h4-15,18H,16-17H2,1-3H3. The third-order valence-electron chi connectivity index (χ3n) is 5.03. The molecule has 0 N–H and O–H groups in total. The van der Waals surface area contributed by atoms with Crippen LogP contribution in [0.1, 0.15) is 36.5 Å². The van der Waals surface area contributed by atoms with Gasteiger partial charge in [-0.15, -0.1) is 0 Å². The topological polar surface area (TPSA) is 89.8 Å². The summed E-state index contributed by atoms with van der Waals surface area (Å²) in [5.74, 6) is 0.531. The minimum absolute atomic E-state index is 0.0803. The Labute approximate surface area is 188 Å². The maximum atomic E-state index is 12.6. The Balaban J connectivity index is 1.96. The summed E-state index contributed by atoms with van der Waals surface area (Å²) in [4.78, 5) is 10.8. The van der Waals surface area contributed by atoms with Crippen molar-refractivity contribution >= 4 is 21.4 Å². The zero-order valence-electron chi connectivity index (χ0n) is 18.3. The summed E-state index contributed by atoms with van der Waals surface area (Å²) in [6.07, 6.45) is 1.10. The molecule has 0 unspecified atom stereocenters. The molecule has 3 aromatic rings. The molecule has 32 heavy (non-hydrogen) atoms. The summed E-state index contributed by atoms with van der Waals surface area (Å²) >= 11 is 0. The molecule has 0 fully saturated rings. The summed E-state index contributed by atoms with van der Waals surface area (Å²) in [6.45, 7) is 4.44. The van der Waals surface area contributed by atoms with E-state index < -0.39 is 14.9 Å². The molecule has 0 radical (unpaired) electrons. The van der Waals surface area contributed by atoms with Gasteiger partial charge in [0, 0.05) is 6.07 Å². The molecule has 8 heteroatoms. The van der Waals surface area contributed by atoms with Gasteiger partial charge in [0.25, 0.3) is 5.69 Å². The van der Waals surface area contributed by atoms with E-state index in [1.807, 2.05) is 54.6 Å². The minimum atomic E-state index is -3.69. The zero-order valence-corrected chi connectivity index (χ0v) is 19.1. The van der Waals surface area contributed by atoms with Crippen LogP contribution in [0.5, 0.6) is 5.75 Å². The normalized spacial score (nSPS) is 11.4. The van der Waals surface area contributed by atoms with Crippen LogP contribution in [0, 0.1) is 10.1 Å². The largest absolute Gasteiger partial charge is 0.486 e. The van der Waals surface area contributed by atoms with Gasteiger partial charge in [-0.25, -0.2) is 8.42 Å². The summed E-state index contributed by atoms with van der Waals surface area (Å²) in [5.41, 5.74) is 2.93. The van der Waals surface area contributed by atoms with Crippen molar-refractivity contribution in [2.24, 2.45) is 0 Å². The molecular weight excluding hydrogens is 428 g/mol. The van der Waals surface area contributed by atoms with Crippen LogP contribution >= 0.6 is 0 Å². The lowest BCUT2D eigenvalue weighted by Gasteiger charge is -2.25. The average molecular weight is 455 g/mol. The molecular formula is C24H26N2O5S. The number of sulfonamides is 1. The van der Waals surface area contributed by atoms with Gasteiger partial charge < -0.3 is 4.74 Å². The molecule has 7 nitrogen and oxygen atoms in total. The lowest BCUT2D eigenvalue weighted by molar-refractivity contribution is -0.384. The molecule has 3 aromatic carbocycles. The van der Waals surface area contributed by atoms with Crippen molar-refractivity contribution in [3.63, 3.8) is 0 Å². The number of hydrogen-bond acceptors (Lipinski definition) is 5. The minimum Gasteiger partial charge on any atom is -0.486 e. The van der Waals surface area contributed by atoms with E-state index in [1.54, 1.807) is 0 Å². The smallest absolute Gasteiger partial charge is 0.273 e. The van der Waals surface area contributed by atoms with E-state index in [-0.39, 0.29) is 30.3 Å². The fraction of sp³-hybridized carbons (Fsp3) is 0.250. The Hall–Kier alpha value is -3.39. The zero-order chi connectivity index (χ0) is 23.3. The maximum absolute atomic E-state index is 12.6. The number of nitro benzene ring substituents is 1. The molecule has 0 saturated heterocycles. The predicted molar refractivity (Wildman–Crippen MR) is 125 cm³/mol. The van der Waals surface area contributed by atoms with Crippen molar-refractivity contribution in [3.05, 3.63) is 99.6 Å². The first kappa shape index (κ1) is 23.3. The monoisotopic (exact) mass is 454 g/mol. The van der Waals surface area contributed by atoms with Crippen molar-refractivity contribution in [1.82, 2.24) is 0 Å². The SMILES string of the molecule is CC(C)c1ccc(COc2cc([N+](=O)[O-])ccc2N(Cc2ccccc2)S(C)(=O)=O)cc1. The van der Waals surface area contributed by atoms with E-state index in [4.69, 9.17) is 4.74 Å². The lowest BCUT2D eigenvalue weighted by Crippen LogP contribution is -2.29. The van der Waals surface area contributed by atoms with Crippen molar-refractivity contribution < 1.29 is 18.1 Å². The van der Waals surface area contributed by atoms with Gasteiger partial charge in [0.05, 0.1) is 29.5 Å². The highest BCUT2D eigenvalue weighted by molar-refractivity contribution is 7.92. The van der Waals surface area contributed by atoms with Gasteiger partial charge in [0.1, 0.15) is 6.61 Å². The number of anilines is 1. The van der Waals surface area contributed by atoms with Crippen LogP contribution < -0.4 is 9.04 Å². The third kappa shape index (κ3) is 5.85. The Morgan fingerprint density at radius 3 is 2.19 bits per heavy atom. The molecule has 0 amide bonds. The number of benzene rings is 3. The van der Waals surface area contributed by atoms with Gasteiger partial charge in [0.15, 0.2) is 5.75 Å². The van der Waals surface area contributed by atoms with Gasteiger partial charge >= 0.3 is 0 Å². The molecule has 0 aliphatic carbocycles. The van der Waals surface area contributed by atoms with Crippen LogP contribution in [-0.2, 0) is 23.2 Å². The second-order valence-electron chi connectivity index (χ2n) is 7.85. The fourth-order valence-corrected chi connectivity index (χ4v) is 4.12. The van der Waals surface area contributed by atoms with E-state index >= 15 is 0 Å². The third-order valence-corrected chi connectivity index (χ3v) is 6.16. The number of nitro groups is 1. The van der Waals surface area contributed by atoms with E-state index in [0.29, 0.717) is 5.92 Å². The van der Waals surface area contributed by atoms with Gasteiger partial charge in [-0.05, 0) is 28.7 Å². The molecule has 168 valence electrons. The predicted octanol–water partition coefficient (Wildman–Crippen LogP) is 5.26. The first-order valence-corrected chi connectivity index (χ1v) is 12.0. The van der Waals surface area contributed by atoms with Crippen molar-refractivity contribution in [3.8, 4) is 5.75 Å². The highest BCUT2D eigenvalue weighted by Gasteiger charge is 2.24. The number of hydrogen-bond donors (Lipinski definition) is 0. The van der Waals surface area contributed by atoms with Crippen LogP contribution in [0.4, 0.5) is 11.4 Å². The molecule has 0 spiro atoms. The lowest BCUT2D eigenvalue weighted by atomic mass is 10.0. The maximum Gasteiger partial charge on any atom is 0.273 e. The summed E-state index contributed by atoms with van der Waals surface area (Å²) in [5, 5.41) is 11.3. The van der Waals surface area contributed by atoms with Crippen LogP contribution in [0.2, 0.25) is 0 Å². The number of ether oxygens (including phenoxy) is 1. The van der Waals surface area contributed by atoms with Crippen LogP contribution in [-0.4, -0.2) is 19.6 Å². The van der Waals surface area contributed by atoms with Gasteiger partial charge in [0.2, 0.25) is 10.0 Å². The first-order chi connectivity index (χ1) is 15.1. The number of nitrogens with zero attached hydrogens (tertiary/aromatic N) is 2. The molecule has 0 bridgehead atoms. The second kappa shape index (κ2) is 9.82. The molecule has 0 saturated carbocycles. The Kier molecular flexibility index (Phi) is 7.15. The highest BCUT2D eigenvalue weighted by Crippen LogP contribution is 2.35. The molecule has 0 aliphatic rings. The Morgan fingerprint density at radius 1 is 0.969 bits per heavy atom. The van der Waals surface area contributed by atoms with Crippen molar-refractivity contribution in [2.75, 3.05) is 10.6 Å². The van der Waals surface area contributed by atoms with E-state index in [0.717, 1.165) is 17.4 Å². The summed E-state index contributed by atoms with van der Waals surface area (Å²) in [7, 11) is -3.69. The molecule has 0 atom stereocenters. The van der Waals surface area contributed by atoms with E-state index in [2.05, 4.69) is 13.8 Å². The average Bonchev–Trinajstić information content (AvgIpc) is 2.76. The molecule has 0 aliphatic heterocycles. The van der Waals surface area contributed by atoms with Crippen molar-refractivity contribution in [2.45, 2.75) is 32.9 Å². The van der Waals surface area contributed by atoms with Gasteiger partial charge in [-0.2, -0.15) is 0 Å². The quantitative estimate of drug-likeness (QED) is 0.325. The Bertz CT molecular complexity index is 1180. The van der Waals surface area contributed by atoms with Crippen LogP contribution in [0.3, 0.4) is 0 Å². The van der Waals surface area contributed by atoms with E-state index in [9.17, 15) is 18.5 Å². The summed E-state index contributed by atoms with van der Waals surface area (Å²) in [6, 6.07) is 21.0. The fourth-order valence-electron chi connectivity index (χ4n) is 3.23. The van der Waals surface area contributed by atoms with Gasteiger partial charge in [-0.1, -0.05) is 68.4 Å². The molecule has 0 heterocycles. The van der Waals surface area contributed by atoms with E-state index in [1.165, 1.54) is 28.1 Å². The second-order valence-corrected chi connectivity index (χ2v) is 9.76. The Morgan fingerprint density at radius 2 is 1.62 bits per heavy atom.